The van der Waals surface area contributed by atoms with Crippen molar-refractivity contribution in [3.8, 4) is 0 Å². The summed E-state index contributed by atoms with van der Waals surface area (Å²) in [5.41, 5.74) is 0. The van der Waals surface area contributed by atoms with Gasteiger partial charge >= 0.3 is 0 Å². The first-order valence-corrected chi connectivity index (χ1v) is 4.14. The molecule has 0 saturated heterocycles. The average molecular weight is 162 g/mol. The fourth-order valence-electron chi connectivity index (χ4n) is 0.529. The fourth-order valence-corrected chi connectivity index (χ4v) is 0.658. The second-order valence-electron chi connectivity index (χ2n) is 1.98. The fraction of sp³-hybridized carbons (Fsp3) is 0.857. The Morgan fingerprint density at radius 1 is 1.50 bits per heavy atom. The van der Waals surface area contributed by atoms with Gasteiger partial charge in [0.15, 0.2) is 0 Å². The maximum Gasteiger partial charge on any atom is 0.134 e. The maximum absolute atomic E-state index is 10.7. The summed E-state index contributed by atoms with van der Waals surface area (Å²) in [6, 6.07) is 0. The molecule has 60 valence electrons. The molecule has 0 bridgehead atoms. The lowest BCUT2D eigenvalue weighted by Crippen LogP contribution is -2.04. The molecule has 0 fully saturated rings. The topological polar surface area (TPSA) is 26.3 Å². The zero-order valence-electron chi connectivity index (χ0n) is 6.30. The summed E-state index contributed by atoms with van der Waals surface area (Å²) in [5, 5.41) is 0. The van der Waals surface area contributed by atoms with E-state index < -0.39 is 0 Å². The summed E-state index contributed by atoms with van der Waals surface area (Å²) in [4.78, 5) is 10.7. The number of hydrogen-bond donors (Lipinski definition) is 1. The number of carbonyl (C=O) groups is 1. The van der Waals surface area contributed by atoms with Crippen LogP contribution in [0.4, 0.5) is 0 Å². The van der Waals surface area contributed by atoms with E-state index in [9.17, 15) is 4.79 Å². The molecule has 0 heterocycles. The Hall–Kier alpha value is -0.0200. The first-order valence-electron chi connectivity index (χ1n) is 3.51. The van der Waals surface area contributed by atoms with Crippen molar-refractivity contribution < 1.29 is 9.53 Å². The zero-order valence-corrected chi connectivity index (χ0v) is 7.19. The van der Waals surface area contributed by atoms with E-state index in [1.807, 2.05) is 6.92 Å². The van der Waals surface area contributed by atoms with Gasteiger partial charge in [0.25, 0.3) is 0 Å². The quantitative estimate of drug-likeness (QED) is 0.470. The van der Waals surface area contributed by atoms with Crippen molar-refractivity contribution in [2.45, 2.75) is 19.8 Å². The van der Waals surface area contributed by atoms with Gasteiger partial charge in [0.2, 0.25) is 0 Å². The lowest BCUT2D eigenvalue weighted by Gasteiger charge is -1.98. The van der Waals surface area contributed by atoms with Gasteiger partial charge in [-0.3, -0.25) is 4.79 Å². The van der Waals surface area contributed by atoms with Crippen LogP contribution < -0.4 is 0 Å². The van der Waals surface area contributed by atoms with E-state index in [2.05, 4.69) is 12.6 Å². The largest absolute Gasteiger partial charge is 0.380 e. The Kier molecular flexibility index (Phi) is 7.08. The maximum atomic E-state index is 10.7. The van der Waals surface area contributed by atoms with Gasteiger partial charge in [0.05, 0.1) is 13.2 Å². The molecule has 0 spiro atoms. The van der Waals surface area contributed by atoms with Crippen molar-refractivity contribution >= 4 is 18.4 Å². The van der Waals surface area contributed by atoms with Crippen molar-refractivity contribution in [3.63, 3.8) is 0 Å². The van der Waals surface area contributed by atoms with Gasteiger partial charge < -0.3 is 4.74 Å². The van der Waals surface area contributed by atoms with E-state index in [0.29, 0.717) is 26.1 Å². The number of carbonyl (C=O) groups excluding carboxylic acids is 1. The molecule has 2 nitrogen and oxygen atoms in total. The standard InChI is InChI=1S/C7H14O2S/c1-2-7(8)3-4-9-5-6-10/h10H,2-6H2,1H3. The molecule has 0 saturated carbocycles. The lowest BCUT2D eigenvalue weighted by atomic mass is 10.2. The molecule has 0 unspecified atom stereocenters. The van der Waals surface area contributed by atoms with Crippen LogP contribution in [0.15, 0.2) is 0 Å². The molecule has 3 heteroatoms. The van der Waals surface area contributed by atoms with Crippen molar-refractivity contribution in [3.05, 3.63) is 0 Å². The van der Waals surface area contributed by atoms with Crippen LogP contribution in [-0.4, -0.2) is 24.7 Å². The van der Waals surface area contributed by atoms with E-state index >= 15 is 0 Å². The minimum atomic E-state index is 0.263. The van der Waals surface area contributed by atoms with Gasteiger partial charge in [-0.1, -0.05) is 6.92 Å². The summed E-state index contributed by atoms with van der Waals surface area (Å²) < 4.78 is 5.06. The first kappa shape index (κ1) is 9.98. The van der Waals surface area contributed by atoms with E-state index in [4.69, 9.17) is 4.74 Å². The van der Waals surface area contributed by atoms with Crippen LogP contribution in [0.2, 0.25) is 0 Å². The molecule has 0 aromatic heterocycles. The minimum Gasteiger partial charge on any atom is -0.380 e. The van der Waals surface area contributed by atoms with Crippen LogP contribution in [0.5, 0.6) is 0 Å². The smallest absolute Gasteiger partial charge is 0.134 e. The first-order chi connectivity index (χ1) is 4.81. The van der Waals surface area contributed by atoms with E-state index in [1.165, 1.54) is 0 Å². The SMILES string of the molecule is CCC(=O)CCOCCS. The Bertz CT molecular complexity index is 93.6. The molecule has 0 N–H and O–H groups in total. The van der Waals surface area contributed by atoms with Gasteiger partial charge in [-0.25, -0.2) is 0 Å². The summed E-state index contributed by atoms with van der Waals surface area (Å²) >= 11 is 3.96. The third-order valence-electron chi connectivity index (χ3n) is 1.16. The minimum absolute atomic E-state index is 0.263. The number of ether oxygens (including phenoxy) is 1. The Labute approximate surface area is 67.4 Å². The number of ketones is 1. The third-order valence-corrected chi connectivity index (χ3v) is 1.34. The summed E-state index contributed by atoms with van der Waals surface area (Å²) in [7, 11) is 0. The highest BCUT2D eigenvalue weighted by Crippen LogP contribution is 1.89. The van der Waals surface area contributed by atoms with Crippen LogP contribution in [-0.2, 0) is 9.53 Å². The van der Waals surface area contributed by atoms with Gasteiger partial charge in [-0.2, -0.15) is 12.6 Å². The summed E-state index contributed by atoms with van der Waals surface area (Å²) in [5.74, 6) is 0.986. The third kappa shape index (κ3) is 6.11. The molecule has 0 aromatic carbocycles. The molecule has 0 aromatic rings. The Morgan fingerprint density at radius 3 is 2.70 bits per heavy atom. The van der Waals surface area contributed by atoms with Crippen LogP contribution in [0, 0.1) is 0 Å². The van der Waals surface area contributed by atoms with Crippen molar-refractivity contribution in [1.29, 1.82) is 0 Å². The molecule has 0 aliphatic heterocycles. The second kappa shape index (κ2) is 7.09. The molecule has 0 rings (SSSR count). The molecular formula is C7H14O2S. The number of rotatable bonds is 6. The highest BCUT2D eigenvalue weighted by atomic mass is 32.1. The number of thiol groups is 1. The highest BCUT2D eigenvalue weighted by Gasteiger charge is 1.95. The van der Waals surface area contributed by atoms with E-state index in [-0.39, 0.29) is 5.78 Å². The Morgan fingerprint density at radius 2 is 2.20 bits per heavy atom. The molecule has 0 aliphatic carbocycles. The van der Waals surface area contributed by atoms with Crippen molar-refractivity contribution in [2.75, 3.05) is 19.0 Å². The van der Waals surface area contributed by atoms with E-state index in [1.54, 1.807) is 0 Å². The van der Waals surface area contributed by atoms with Gasteiger partial charge in [-0.15, -0.1) is 0 Å². The molecule has 0 aliphatic rings. The van der Waals surface area contributed by atoms with Crippen LogP contribution in [0.3, 0.4) is 0 Å². The summed E-state index contributed by atoms with van der Waals surface area (Å²) in [6.07, 6.45) is 1.16. The average Bonchev–Trinajstić information content (AvgIpc) is 1.98. The lowest BCUT2D eigenvalue weighted by molar-refractivity contribution is -0.119. The Balaban J connectivity index is 2.96. The van der Waals surface area contributed by atoms with Gasteiger partial charge in [-0.05, 0) is 0 Å². The molecular weight excluding hydrogens is 148 g/mol. The van der Waals surface area contributed by atoms with Crippen LogP contribution >= 0.6 is 12.6 Å². The molecule has 0 amide bonds. The van der Waals surface area contributed by atoms with Crippen LogP contribution in [0.1, 0.15) is 19.8 Å². The predicted molar refractivity (Wildman–Crippen MR) is 44.6 cm³/mol. The molecule has 0 atom stereocenters. The monoisotopic (exact) mass is 162 g/mol. The number of Topliss-reactive ketones (excluding diaryl/α,β-unsaturated/α-hetero) is 1. The van der Waals surface area contributed by atoms with Gasteiger partial charge in [0, 0.05) is 18.6 Å². The zero-order chi connectivity index (χ0) is 7.82. The van der Waals surface area contributed by atoms with Crippen molar-refractivity contribution in [1.82, 2.24) is 0 Å². The molecule has 10 heavy (non-hydrogen) atoms. The normalized spacial score (nSPS) is 9.80. The second-order valence-corrected chi connectivity index (χ2v) is 2.43. The number of hydrogen-bond acceptors (Lipinski definition) is 3. The van der Waals surface area contributed by atoms with Crippen molar-refractivity contribution in [2.24, 2.45) is 0 Å². The molecule has 0 radical (unpaired) electrons. The van der Waals surface area contributed by atoms with Crippen LogP contribution in [0.25, 0.3) is 0 Å². The van der Waals surface area contributed by atoms with Gasteiger partial charge in [0.1, 0.15) is 5.78 Å². The highest BCUT2D eigenvalue weighted by molar-refractivity contribution is 7.80. The predicted octanol–water partition coefficient (Wildman–Crippen LogP) is 1.30. The van der Waals surface area contributed by atoms with E-state index in [0.717, 1.165) is 5.75 Å². The summed E-state index contributed by atoms with van der Waals surface area (Å²) in [6.45, 7) is 3.05.